The topological polar surface area (TPSA) is 71.8 Å². The second kappa shape index (κ2) is 10.0. The lowest BCUT2D eigenvalue weighted by Crippen LogP contribution is -2.45. The van der Waals surface area contributed by atoms with Gasteiger partial charge in [0, 0.05) is 43.4 Å². The van der Waals surface area contributed by atoms with Crippen LogP contribution < -0.4 is 15.5 Å². The normalized spacial score (nSPS) is 15.1. The van der Waals surface area contributed by atoms with Crippen LogP contribution in [0.1, 0.15) is 40.9 Å². The fourth-order valence-electron chi connectivity index (χ4n) is 4.22. The molecule has 0 unspecified atom stereocenters. The van der Waals surface area contributed by atoms with E-state index in [1.165, 1.54) is 6.07 Å². The number of aryl methyl sites for hydroxylation is 2. The number of ether oxygens (including phenoxy) is 1. The summed E-state index contributed by atoms with van der Waals surface area (Å²) in [6, 6.07) is 14.8. The van der Waals surface area contributed by atoms with Crippen molar-refractivity contribution in [3.8, 4) is 5.75 Å². The molecule has 32 heavy (non-hydrogen) atoms. The molecule has 1 saturated heterocycles. The number of rotatable bonds is 7. The van der Waals surface area contributed by atoms with Gasteiger partial charge in [-0.2, -0.15) is 0 Å². The van der Waals surface area contributed by atoms with Gasteiger partial charge in [-0.05, 0) is 56.9 Å². The van der Waals surface area contributed by atoms with E-state index in [-0.39, 0.29) is 17.4 Å². The third-order valence-electron chi connectivity index (χ3n) is 6.02. The van der Waals surface area contributed by atoms with E-state index in [0.29, 0.717) is 29.1 Å². The van der Waals surface area contributed by atoms with Crippen LogP contribution in [0.15, 0.2) is 57.7 Å². The molecule has 4 rings (SSSR count). The van der Waals surface area contributed by atoms with Crippen molar-refractivity contribution >= 4 is 16.9 Å². The van der Waals surface area contributed by atoms with E-state index in [0.717, 1.165) is 50.0 Å². The first-order chi connectivity index (χ1) is 15.5. The fraction of sp³-hybridized carbons (Fsp3) is 0.385. The van der Waals surface area contributed by atoms with Gasteiger partial charge in [0.05, 0.1) is 12.0 Å². The summed E-state index contributed by atoms with van der Waals surface area (Å²) in [6.45, 7) is 7.24. The van der Waals surface area contributed by atoms with Crippen LogP contribution in [0, 0.1) is 13.8 Å². The highest BCUT2D eigenvalue weighted by molar-refractivity contribution is 5.95. The smallest absolute Gasteiger partial charge is 0.251 e. The lowest BCUT2D eigenvalue weighted by Gasteiger charge is -2.32. The molecule has 2 aromatic carbocycles. The number of hydrogen-bond acceptors (Lipinski definition) is 5. The van der Waals surface area contributed by atoms with E-state index in [9.17, 15) is 9.59 Å². The van der Waals surface area contributed by atoms with E-state index in [1.54, 1.807) is 19.1 Å². The first-order valence-corrected chi connectivity index (χ1v) is 11.3. The third kappa shape index (κ3) is 5.37. The molecule has 0 aliphatic carbocycles. The van der Waals surface area contributed by atoms with Crippen molar-refractivity contribution in [3.05, 3.63) is 75.6 Å². The number of fused-ring (bicyclic) bond motifs is 1. The van der Waals surface area contributed by atoms with Crippen LogP contribution in [0.25, 0.3) is 11.0 Å². The minimum absolute atomic E-state index is 0.0244. The van der Waals surface area contributed by atoms with Gasteiger partial charge in [-0.1, -0.05) is 18.2 Å². The van der Waals surface area contributed by atoms with Crippen molar-refractivity contribution < 1.29 is 13.9 Å². The minimum Gasteiger partial charge on any atom is -0.493 e. The highest BCUT2D eigenvalue weighted by Gasteiger charge is 2.21. The number of nitrogens with one attached hydrogen (secondary N) is 1. The summed E-state index contributed by atoms with van der Waals surface area (Å²) in [4.78, 5) is 26.9. The number of carbonyl (C=O) groups is 1. The fourth-order valence-corrected chi connectivity index (χ4v) is 4.22. The molecule has 0 saturated carbocycles. The van der Waals surface area contributed by atoms with Crippen molar-refractivity contribution in [3.63, 3.8) is 0 Å². The number of likely N-dealkylation sites (tertiary alicyclic amines) is 1. The quantitative estimate of drug-likeness (QED) is 0.568. The molecule has 6 nitrogen and oxygen atoms in total. The van der Waals surface area contributed by atoms with Crippen molar-refractivity contribution in [2.75, 3.05) is 26.2 Å². The molecule has 0 bridgehead atoms. The number of carbonyl (C=O) groups excluding carboxylic acids is 1. The van der Waals surface area contributed by atoms with Gasteiger partial charge in [0.25, 0.3) is 5.91 Å². The lowest BCUT2D eigenvalue weighted by atomic mass is 10.0. The van der Waals surface area contributed by atoms with Crippen molar-refractivity contribution in [1.82, 2.24) is 10.2 Å². The SMILES string of the molecule is Cc1cc(=O)c2ccc(OCCCN3CCC(NC(=O)c4ccccc4C)CC3)cc2o1. The predicted octanol–water partition coefficient (Wildman–Crippen LogP) is 4.07. The van der Waals surface area contributed by atoms with Gasteiger partial charge < -0.3 is 19.4 Å². The number of piperidine rings is 1. The van der Waals surface area contributed by atoms with Gasteiger partial charge in [-0.3, -0.25) is 9.59 Å². The molecule has 1 aliphatic rings. The molecule has 1 aliphatic heterocycles. The van der Waals surface area contributed by atoms with Crippen molar-refractivity contribution in [1.29, 1.82) is 0 Å². The van der Waals surface area contributed by atoms with Crippen molar-refractivity contribution in [2.45, 2.75) is 39.2 Å². The zero-order valence-corrected chi connectivity index (χ0v) is 18.7. The molecular weight excluding hydrogens is 404 g/mol. The molecular formula is C26H30N2O4. The van der Waals surface area contributed by atoms with Crippen molar-refractivity contribution in [2.24, 2.45) is 0 Å². The molecule has 0 atom stereocenters. The first kappa shape index (κ1) is 22.1. The van der Waals surface area contributed by atoms with Crippen LogP contribution in [-0.2, 0) is 0 Å². The van der Waals surface area contributed by atoms with Gasteiger partial charge in [0.15, 0.2) is 5.43 Å². The van der Waals surface area contributed by atoms with E-state index >= 15 is 0 Å². The van der Waals surface area contributed by atoms with Crippen LogP contribution in [-0.4, -0.2) is 43.1 Å². The summed E-state index contributed by atoms with van der Waals surface area (Å²) >= 11 is 0. The number of amides is 1. The second-order valence-electron chi connectivity index (χ2n) is 8.49. The first-order valence-electron chi connectivity index (χ1n) is 11.3. The maximum Gasteiger partial charge on any atom is 0.251 e. The molecule has 2 heterocycles. The maximum atomic E-state index is 12.5. The Morgan fingerprint density at radius 1 is 1.12 bits per heavy atom. The van der Waals surface area contributed by atoms with Crippen LogP contribution in [0.2, 0.25) is 0 Å². The van der Waals surface area contributed by atoms with Gasteiger partial charge >= 0.3 is 0 Å². The third-order valence-corrected chi connectivity index (χ3v) is 6.02. The molecule has 1 fully saturated rings. The van der Waals surface area contributed by atoms with Crippen LogP contribution in [0.4, 0.5) is 0 Å². The predicted molar refractivity (Wildman–Crippen MR) is 125 cm³/mol. The van der Waals surface area contributed by atoms with E-state index < -0.39 is 0 Å². The maximum absolute atomic E-state index is 12.5. The van der Waals surface area contributed by atoms with Gasteiger partial charge in [-0.15, -0.1) is 0 Å². The summed E-state index contributed by atoms with van der Waals surface area (Å²) in [6.07, 6.45) is 2.83. The minimum atomic E-state index is -0.0335. The Morgan fingerprint density at radius 3 is 2.69 bits per heavy atom. The molecule has 0 radical (unpaired) electrons. The molecule has 1 amide bonds. The Hall–Kier alpha value is -3.12. The summed E-state index contributed by atoms with van der Waals surface area (Å²) in [5.74, 6) is 1.33. The largest absolute Gasteiger partial charge is 0.493 e. The summed E-state index contributed by atoms with van der Waals surface area (Å²) < 4.78 is 11.5. The highest BCUT2D eigenvalue weighted by atomic mass is 16.5. The molecule has 1 N–H and O–H groups in total. The Labute approximate surface area is 188 Å². The van der Waals surface area contributed by atoms with Crippen LogP contribution in [0.5, 0.6) is 5.75 Å². The summed E-state index contributed by atoms with van der Waals surface area (Å²) in [7, 11) is 0. The van der Waals surface area contributed by atoms with Gasteiger partial charge in [0.1, 0.15) is 17.1 Å². The number of nitrogens with zero attached hydrogens (tertiary/aromatic N) is 1. The molecule has 3 aromatic rings. The zero-order valence-electron chi connectivity index (χ0n) is 18.7. The van der Waals surface area contributed by atoms with E-state index in [1.807, 2.05) is 37.3 Å². The Kier molecular flexibility index (Phi) is 6.90. The highest BCUT2D eigenvalue weighted by Crippen LogP contribution is 2.20. The van der Waals surface area contributed by atoms with Gasteiger partial charge in [-0.25, -0.2) is 0 Å². The average Bonchev–Trinajstić information content (AvgIpc) is 2.77. The number of hydrogen-bond donors (Lipinski definition) is 1. The molecule has 6 heteroatoms. The lowest BCUT2D eigenvalue weighted by molar-refractivity contribution is 0.0909. The standard InChI is InChI=1S/C26H30N2O4/c1-18-6-3-4-7-22(18)26(30)27-20-10-13-28(14-11-20)12-5-15-31-21-8-9-23-24(29)16-19(2)32-25(23)17-21/h3-4,6-9,16-17,20H,5,10-15H2,1-2H3,(H,27,30). The van der Waals surface area contributed by atoms with E-state index in [2.05, 4.69) is 10.2 Å². The second-order valence-corrected chi connectivity index (χ2v) is 8.49. The molecule has 0 spiro atoms. The number of benzene rings is 2. The Balaban J connectivity index is 1.19. The van der Waals surface area contributed by atoms with Crippen LogP contribution >= 0.6 is 0 Å². The van der Waals surface area contributed by atoms with Gasteiger partial charge in [0.2, 0.25) is 0 Å². The Bertz CT molecular complexity index is 1150. The van der Waals surface area contributed by atoms with Crippen LogP contribution in [0.3, 0.4) is 0 Å². The summed E-state index contributed by atoms with van der Waals surface area (Å²) in [5, 5.41) is 3.76. The molecule has 1 aromatic heterocycles. The molecule has 168 valence electrons. The zero-order chi connectivity index (χ0) is 22.5. The monoisotopic (exact) mass is 434 g/mol. The average molecular weight is 435 g/mol. The van der Waals surface area contributed by atoms with E-state index in [4.69, 9.17) is 9.15 Å². The summed E-state index contributed by atoms with van der Waals surface area (Å²) in [5.41, 5.74) is 2.29. The Morgan fingerprint density at radius 2 is 1.91 bits per heavy atom.